The summed E-state index contributed by atoms with van der Waals surface area (Å²) in [5.74, 6) is 1.07. The maximum absolute atomic E-state index is 12.5. The van der Waals surface area contributed by atoms with Crippen LogP contribution in [0.1, 0.15) is 6.92 Å². The van der Waals surface area contributed by atoms with Gasteiger partial charge in [-0.15, -0.1) is 11.8 Å². The fourth-order valence-electron chi connectivity index (χ4n) is 2.08. The van der Waals surface area contributed by atoms with Crippen molar-refractivity contribution in [3.63, 3.8) is 0 Å². The second-order valence-electron chi connectivity index (χ2n) is 4.60. The molecule has 9 heteroatoms. The van der Waals surface area contributed by atoms with E-state index in [-0.39, 0.29) is 38.7 Å². The van der Waals surface area contributed by atoms with Crippen LogP contribution in [-0.4, -0.2) is 21.2 Å². The predicted octanol–water partition coefficient (Wildman–Crippen LogP) is 6.27. The second-order valence-corrected chi connectivity index (χ2v) is 7.45. The van der Waals surface area contributed by atoms with Crippen LogP contribution in [0.3, 0.4) is 0 Å². The number of aromatic nitrogens is 2. The lowest BCUT2D eigenvalue weighted by molar-refractivity contribution is -0.0328. The summed E-state index contributed by atoms with van der Waals surface area (Å²) in [7, 11) is 0. The van der Waals surface area contributed by atoms with E-state index in [2.05, 4.69) is 9.97 Å². The van der Waals surface area contributed by atoms with Crippen molar-refractivity contribution in [2.24, 2.45) is 0 Å². The third kappa shape index (κ3) is 3.81. The van der Waals surface area contributed by atoms with E-state index in [1.165, 1.54) is 12.1 Å². The topological polar surface area (TPSA) is 38.9 Å². The molecule has 0 saturated carbocycles. The highest BCUT2D eigenvalue weighted by Crippen LogP contribution is 2.41. The van der Waals surface area contributed by atoms with Crippen LogP contribution >= 0.6 is 35.1 Å². The minimum Gasteiger partial charge on any atom is -0.433 e. The zero-order valence-electron chi connectivity index (χ0n) is 12.2. The highest BCUT2D eigenvalue weighted by molar-refractivity contribution is 8.00. The molecule has 0 radical (unpaired) electrons. The number of fused-ring (bicyclic) bond motifs is 1. The first-order valence-corrected chi connectivity index (χ1v) is 8.99. The molecule has 2 heterocycles. The molecular formula is C15H10ClF3N2OS2. The van der Waals surface area contributed by atoms with E-state index in [1.807, 2.05) is 13.0 Å². The van der Waals surface area contributed by atoms with Crippen LogP contribution in [0, 0.1) is 0 Å². The van der Waals surface area contributed by atoms with Gasteiger partial charge in [-0.3, -0.25) is 0 Å². The van der Waals surface area contributed by atoms with Crippen molar-refractivity contribution in [1.82, 2.24) is 9.97 Å². The number of hydrogen-bond acceptors (Lipinski definition) is 5. The Kier molecular flexibility index (Phi) is 4.98. The molecule has 3 rings (SSSR count). The average molecular weight is 391 g/mol. The zero-order valence-corrected chi connectivity index (χ0v) is 14.6. The second kappa shape index (κ2) is 6.85. The van der Waals surface area contributed by atoms with E-state index in [4.69, 9.17) is 16.0 Å². The first-order chi connectivity index (χ1) is 11.4. The fraction of sp³-hybridized carbons (Fsp3) is 0.200. The van der Waals surface area contributed by atoms with Crippen molar-refractivity contribution in [3.8, 4) is 11.6 Å². The first kappa shape index (κ1) is 17.4. The van der Waals surface area contributed by atoms with E-state index in [0.29, 0.717) is 5.69 Å². The van der Waals surface area contributed by atoms with Gasteiger partial charge in [0.05, 0.1) is 5.02 Å². The number of rotatable bonds is 4. The number of thioether (sulfide) groups is 2. The number of pyridine rings is 1. The number of alkyl halides is 3. The molecule has 0 bridgehead atoms. The number of hydrogen-bond donors (Lipinski definition) is 0. The van der Waals surface area contributed by atoms with Gasteiger partial charge in [0.2, 0.25) is 5.89 Å². The SMILES string of the molecule is CCSc1cccnc1-c1nc2cc(SC(F)(F)F)cc(Cl)c2o1. The van der Waals surface area contributed by atoms with E-state index in [1.54, 1.807) is 24.0 Å². The summed E-state index contributed by atoms with van der Waals surface area (Å²) in [6.45, 7) is 2.00. The molecule has 0 aliphatic carbocycles. The summed E-state index contributed by atoms with van der Waals surface area (Å²) in [4.78, 5) is 9.38. The fourth-order valence-corrected chi connectivity index (χ4v) is 3.78. The van der Waals surface area contributed by atoms with Crippen molar-refractivity contribution in [3.05, 3.63) is 35.5 Å². The number of benzene rings is 1. The van der Waals surface area contributed by atoms with Gasteiger partial charge in [0.25, 0.3) is 0 Å². The van der Waals surface area contributed by atoms with Gasteiger partial charge in [0.1, 0.15) is 11.2 Å². The van der Waals surface area contributed by atoms with Crippen LogP contribution in [0.2, 0.25) is 5.02 Å². The average Bonchev–Trinajstić information content (AvgIpc) is 2.91. The maximum Gasteiger partial charge on any atom is 0.446 e. The van der Waals surface area contributed by atoms with E-state index < -0.39 is 5.51 Å². The third-order valence-corrected chi connectivity index (χ3v) is 4.84. The Bertz CT molecular complexity index is 883. The van der Waals surface area contributed by atoms with E-state index in [0.717, 1.165) is 10.6 Å². The maximum atomic E-state index is 12.5. The van der Waals surface area contributed by atoms with Crippen LogP contribution in [0.25, 0.3) is 22.7 Å². The summed E-state index contributed by atoms with van der Waals surface area (Å²) >= 11 is 7.39. The Morgan fingerprint density at radius 1 is 1.29 bits per heavy atom. The number of halogens is 4. The van der Waals surface area contributed by atoms with Crippen LogP contribution in [0.5, 0.6) is 0 Å². The van der Waals surface area contributed by atoms with Crippen molar-refractivity contribution < 1.29 is 17.6 Å². The molecule has 0 atom stereocenters. The van der Waals surface area contributed by atoms with Crippen LogP contribution in [-0.2, 0) is 0 Å². The molecule has 3 aromatic rings. The van der Waals surface area contributed by atoms with Crippen molar-refractivity contribution in [2.45, 2.75) is 22.2 Å². The van der Waals surface area contributed by atoms with Crippen molar-refractivity contribution in [2.75, 3.05) is 5.75 Å². The van der Waals surface area contributed by atoms with Gasteiger partial charge >= 0.3 is 5.51 Å². The van der Waals surface area contributed by atoms with Gasteiger partial charge in [0, 0.05) is 16.0 Å². The molecule has 1 aromatic carbocycles. The largest absolute Gasteiger partial charge is 0.446 e. The molecule has 0 amide bonds. The molecule has 2 aromatic heterocycles. The van der Waals surface area contributed by atoms with E-state index in [9.17, 15) is 13.2 Å². The lowest BCUT2D eigenvalue weighted by atomic mass is 10.3. The number of nitrogens with zero attached hydrogens (tertiary/aromatic N) is 2. The summed E-state index contributed by atoms with van der Waals surface area (Å²) in [5, 5.41) is 0.0821. The Labute approximate surface area is 149 Å². The minimum absolute atomic E-state index is 0.0379. The highest BCUT2D eigenvalue weighted by atomic mass is 35.5. The minimum atomic E-state index is -4.39. The monoisotopic (exact) mass is 390 g/mol. The standard InChI is InChI=1S/C15H10ClF3N2OS2/c1-2-23-11-4-3-5-20-12(11)14-21-10-7-8(24-15(17,18)19)6-9(16)13(10)22-14/h3-7H,2H2,1H3. The van der Waals surface area contributed by atoms with Crippen molar-refractivity contribution >= 4 is 46.2 Å². The smallest absolute Gasteiger partial charge is 0.433 e. The molecule has 0 N–H and O–H groups in total. The molecule has 0 aliphatic heterocycles. The summed E-state index contributed by atoms with van der Waals surface area (Å²) in [5.41, 5.74) is -3.34. The normalized spacial score (nSPS) is 12.0. The van der Waals surface area contributed by atoms with Gasteiger partial charge in [-0.25, -0.2) is 9.97 Å². The van der Waals surface area contributed by atoms with Gasteiger partial charge in [0.15, 0.2) is 5.58 Å². The molecule has 0 spiro atoms. The molecule has 0 fully saturated rings. The van der Waals surface area contributed by atoms with Gasteiger partial charge < -0.3 is 4.42 Å². The highest BCUT2D eigenvalue weighted by Gasteiger charge is 2.30. The Morgan fingerprint density at radius 3 is 2.79 bits per heavy atom. The first-order valence-electron chi connectivity index (χ1n) is 6.81. The Balaban J connectivity index is 2.07. The predicted molar refractivity (Wildman–Crippen MR) is 90.6 cm³/mol. The van der Waals surface area contributed by atoms with E-state index >= 15 is 0 Å². The molecule has 3 nitrogen and oxygen atoms in total. The van der Waals surface area contributed by atoms with Crippen LogP contribution in [0.4, 0.5) is 13.2 Å². The molecule has 0 saturated heterocycles. The lowest BCUT2D eigenvalue weighted by Crippen LogP contribution is -1.98. The third-order valence-electron chi connectivity index (χ3n) is 2.92. The zero-order chi connectivity index (χ0) is 17.3. The molecule has 0 aliphatic rings. The number of oxazole rings is 1. The Hall–Kier alpha value is -1.38. The molecule has 126 valence electrons. The summed E-state index contributed by atoms with van der Waals surface area (Å²) < 4.78 is 43.3. The summed E-state index contributed by atoms with van der Waals surface area (Å²) in [6.07, 6.45) is 1.61. The van der Waals surface area contributed by atoms with Gasteiger partial charge in [-0.2, -0.15) is 13.2 Å². The molecule has 0 unspecified atom stereocenters. The quantitative estimate of drug-likeness (QED) is 0.491. The van der Waals surface area contributed by atoms with Crippen LogP contribution in [0.15, 0.2) is 44.7 Å². The van der Waals surface area contributed by atoms with Crippen LogP contribution < -0.4 is 0 Å². The molecule has 24 heavy (non-hydrogen) atoms. The molecular weight excluding hydrogens is 381 g/mol. The van der Waals surface area contributed by atoms with Gasteiger partial charge in [-0.1, -0.05) is 18.5 Å². The van der Waals surface area contributed by atoms with Gasteiger partial charge in [-0.05, 0) is 41.8 Å². The Morgan fingerprint density at radius 2 is 2.08 bits per heavy atom. The summed E-state index contributed by atoms with van der Waals surface area (Å²) in [6, 6.07) is 6.21. The van der Waals surface area contributed by atoms with Crippen molar-refractivity contribution in [1.29, 1.82) is 0 Å². The lowest BCUT2D eigenvalue weighted by Gasteiger charge is -2.05.